The number of hydrogen-bond donors (Lipinski definition) is 2. The minimum Gasteiger partial charge on any atom is -0.303 e. The molecule has 0 spiro atoms. The van der Waals surface area contributed by atoms with Crippen molar-refractivity contribution in [2.45, 2.75) is 12.1 Å². The van der Waals surface area contributed by atoms with E-state index >= 15 is 0 Å². The smallest absolute Gasteiger partial charge is 0.303 e. The normalized spacial score (nSPS) is 12.7. The molecule has 0 saturated carbocycles. The average molecular weight is 319 g/mol. The van der Waals surface area contributed by atoms with Crippen LogP contribution in [0.2, 0.25) is 0 Å². The van der Waals surface area contributed by atoms with Crippen LogP contribution >= 0.6 is 7.82 Å². The third-order valence-electron chi connectivity index (χ3n) is 3.01. The van der Waals surface area contributed by atoms with Crippen molar-refractivity contribution in [1.29, 1.82) is 0 Å². The Morgan fingerprint density at radius 2 is 1.45 bits per heavy atom. The van der Waals surface area contributed by atoms with Gasteiger partial charge in [0.25, 0.3) is 0 Å². The molecule has 2 rings (SSSR count). The molecule has 0 aliphatic heterocycles. The molecule has 2 N–H and O–H groups in total. The van der Waals surface area contributed by atoms with Crippen LogP contribution in [-0.2, 0) is 9.09 Å². The van der Waals surface area contributed by atoms with Crippen LogP contribution in [0.25, 0.3) is 10.4 Å². The number of hydrogen-bond acceptors (Lipinski definition) is 3. The van der Waals surface area contributed by atoms with Gasteiger partial charge in [0.05, 0.1) is 0 Å². The molecule has 0 heterocycles. The van der Waals surface area contributed by atoms with E-state index in [1.54, 1.807) is 48.5 Å². The maximum atomic E-state index is 11.2. The SMILES string of the molecule is [N-]=[N+]=NC(OP(=O)(O)O)C(c1ccccc1)c1ccccc1. The minimum absolute atomic E-state index is 0.633. The molecule has 0 saturated heterocycles. The van der Waals surface area contributed by atoms with E-state index in [9.17, 15) is 4.57 Å². The number of azide groups is 1. The van der Waals surface area contributed by atoms with Gasteiger partial charge < -0.3 is 9.79 Å². The first-order chi connectivity index (χ1) is 10.5. The first-order valence-electron chi connectivity index (χ1n) is 6.39. The van der Waals surface area contributed by atoms with E-state index in [0.717, 1.165) is 11.1 Å². The van der Waals surface area contributed by atoms with Crippen molar-refractivity contribution >= 4 is 7.82 Å². The van der Waals surface area contributed by atoms with Gasteiger partial charge in [-0.25, -0.2) is 4.57 Å². The van der Waals surface area contributed by atoms with Crippen molar-refractivity contribution < 1.29 is 18.9 Å². The fourth-order valence-electron chi connectivity index (χ4n) is 2.18. The monoisotopic (exact) mass is 319 g/mol. The lowest BCUT2D eigenvalue weighted by Gasteiger charge is -2.24. The summed E-state index contributed by atoms with van der Waals surface area (Å²) in [6.45, 7) is 0. The standard InChI is InChI=1S/C14H14N3O4P/c15-17-16-14(21-22(18,19)20)13(11-7-3-1-4-8-11)12-9-5-2-6-10-12/h1-10,13-14H,(H2,18,19,20). The maximum Gasteiger partial charge on any atom is 0.470 e. The zero-order valence-electron chi connectivity index (χ0n) is 11.4. The third-order valence-corrected chi connectivity index (χ3v) is 3.50. The molecule has 8 heteroatoms. The summed E-state index contributed by atoms with van der Waals surface area (Å²) in [5.74, 6) is -0.633. The van der Waals surface area contributed by atoms with E-state index in [-0.39, 0.29) is 0 Å². The molecule has 2 aromatic carbocycles. The fourth-order valence-corrected chi connectivity index (χ4v) is 2.63. The van der Waals surface area contributed by atoms with Gasteiger partial charge in [0.15, 0.2) is 6.23 Å². The van der Waals surface area contributed by atoms with Gasteiger partial charge in [-0.2, -0.15) is 0 Å². The van der Waals surface area contributed by atoms with Gasteiger partial charge in [-0.1, -0.05) is 65.8 Å². The average Bonchev–Trinajstić information content (AvgIpc) is 2.48. The van der Waals surface area contributed by atoms with Crippen molar-refractivity contribution in [3.05, 3.63) is 82.2 Å². The predicted molar refractivity (Wildman–Crippen MR) is 80.8 cm³/mol. The van der Waals surface area contributed by atoms with Crippen molar-refractivity contribution in [3.8, 4) is 0 Å². The summed E-state index contributed by atoms with van der Waals surface area (Å²) >= 11 is 0. The lowest BCUT2D eigenvalue weighted by atomic mass is 9.90. The Morgan fingerprint density at radius 1 is 1.00 bits per heavy atom. The van der Waals surface area contributed by atoms with Crippen LogP contribution < -0.4 is 0 Å². The van der Waals surface area contributed by atoms with Gasteiger partial charge in [0.1, 0.15) is 0 Å². The lowest BCUT2D eigenvalue weighted by Crippen LogP contribution is -2.20. The molecule has 0 amide bonds. The van der Waals surface area contributed by atoms with Gasteiger partial charge >= 0.3 is 7.82 Å². The molecule has 2 aromatic rings. The summed E-state index contributed by atoms with van der Waals surface area (Å²) in [6.07, 6.45) is -1.37. The first kappa shape index (κ1) is 16.2. The lowest BCUT2D eigenvalue weighted by molar-refractivity contribution is 0.126. The van der Waals surface area contributed by atoms with Crippen molar-refractivity contribution in [2.24, 2.45) is 5.11 Å². The van der Waals surface area contributed by atoms with E-state index in [0.29, 0.717) is 0 Å². The molecule has 0 aliphatic carbocycles. The molecular weight excluding hydrogens is 305 g/mol. The van der Waals surface area contributed by atoms with Gasteiger partial charge in [-0.15, -0.1) is 0 Å². The Labute approximate surface area is 127 Å². The summed E-state index contributed by atoms with van der Waals surface area (Å²) in [6, 6.07) is 17.9. The van der Waals surface area contributed by atoms with Gasteiger partial charge in [0, 0.05) is 10.8 Å². The molecule has 1 unspecified atom stereocenters. The number of rotatable bonds is 6. The topological polar surface area (TPSA) is 116 Å². The van der Waals surface area contributed by atoms with Crippen LogP contribution in [0.4, 0.5) is 0 Å². The van der Waals surface area contributed by atoms with Crippen LogP contribution in [0.5, 0.6) is 0 Å². The number of benzene rings is 2. The second kappa shape index (κ2) is 7.22. The molecular formula is C14H14N3O4P. The van der Waals surface area contributed by atoms with Crippen LogP contribution in [0.1, 0.15) is 17.0 Å². The predicted octanol–water partition coefficient (Wildman–Crippen LogP) is 3.56. The van der Waals surface area contributed by atoms with Gasteiger partial charge in [-0.05, 0) is 16.7 Å². The fraction of sp³-hybridized carbons (Fsp3) is 0.143. The zero-order chi connectivity index (χ0) is 16.0. The molecule has 0 aromatic heterocycles. The van der Waals surface area contributed by atoms with E-state index in [1.807, 2.05) is 12.1 Å². The Morgan fingerprint density at radius 3 is 1.82 bits per heavy atom. The highest BCUT2D eigenvalue weighted by Crippen LogP contribution is 2.43. The summed E-state index contributed by atoms with van der Waals surface area (Å²) in [5.41, 5.74) is 10.1. The Kier molecular flexibility index (Phi) is 5.33. The maximum absolute atomic E-state index is 11.2. The first-order valence-corrected chi connectivity index (χ1v) is 7.92. The molecule has 22 heavy (non-hydrogen) atoms. The highest BCUT2D eigenvalue weighted by molar-refractivity contribution is 7.46. The highest BCUT2D eigenvalue weighted by atomic mass is 31.2. The Balaban J connectivity index is 2.51. The molecule has 0 bridgehead atoms. The minimum atomic E-state index is -4.81. The molecule has 0 radical (unpaired) electrons. The largest absolute Gasteiger partial charge is 0.470 e. The van der Waals surface area contributed by atoms with Crippen LogP contribution in [0.3, 0.4) is 0 Å². The van der Waals surface area contributed by atoms with Crippen LogP contribution in [-0.4, -0.2) is 16.0 Å². The number of nitrogens with zero attached hydrogens (tertiary/aromatic N) is 3. The molecule has 1 atom stereocenters. The molecule has 7 nitrogen and oxygen atoms in total. The van der Waals surface area contributed by atoms with Crippen LogP contribution in [0.15, 0.2) is 65.8 Å². The van der Waals surface area contributed by atoms with Crippen molar-refractivity contribution in [3.63, 3.8) is 0 Å². The van der Waals surface area contributed by atoms with E-state index in [2.05, 4.69) is 10.0 Å². The van der Waals surface area contributed by atoms with Gasteiger partial charge in [-0.3, -0.25) is 4.52 Å². The zero-order valence-corrected chi connectivity index (χ0v) is 12.3. The van der Waals surface area contributed by atoms with Crippen molar-refractivity contribution in [1.82, 2.24) is 0 Å². The van der Waals surface area contributed by atoms with E-state index < -0.39 is 20.0 Å². The summed E-state index contributed by atoms with van der Waals surface area (Å²) in [7, 11) is -4.81. The van der Waals surface area contributed by atoms with E-state index in [4.69, 9.17) is 19.8 Å². The second-order valence-electron chi connectivity index (χ2n) is 4.49. The van der Waals surface area contributed by atoms with Crippen LogP contribution in [0, 0.1) is 0 Å². The van der Waals surface area contributed by atoms with Crippen molar-refractivity contribution in [2.75, 3.05) is 0 Å². The molecule has 114 valence electrons. The molecule has 0 fully saturated rings. The highest BCUT2D eigenvalue weighted by Gasteiger charge is 2.31. The van der Waals surface area contributed by atoms with E-state index in [1.165, 1.54) is 0 Å². The Bertz CT molecular complexity index is 659. The second-order valence-corrected chi connectivity index (χ2v) is 5.68. The number of phosphoric acid groups is 1. The quantitative estimate of drug-likeness (QED) is 0.366. The summed E-state index contributed by atoms with van der Waals surface area (Å²) < 4.78 is 15.9. The summed E-state index contributed by atoms with van der Waals surface area (Å²) in [4.78, 5) is 20.8. The summed E-state index contributed by atoms with van der Waals surface area (Å²) in [5, 5.41) is 3.43. The third kappa shape index (κ3) is 4.43. The van der Waals surface area contributed by atoms with Gasteiger partial charge in [0.2, 0.25) is 0 Å². The number of phosphoric ester groups is 1. The molecule has 0 aliphatic rings. The Hall–Kier alpha value is -2.14.